The molecule has 164 valence electrons. The minimum Gasteiger partial charge on any atom is -0.493 e. The molecule has 1 saturated carbocycles. The first-order valence-corrected chi connectivity index (χ1v) is 9.92. The van der Waals surface area contributed by atoms with Crippen molar-refractivity contribution in [3.05, 3.63) is 33.2 Å². The molecule has 0 amide bonds. The highest BCUT2D eigenvalue weighted by Gasteiger charge is 2.42. The van der Waals surface area contributed by atoms with Crippen LogP contribution in [0.4, 0.5) is 19.1 Å². The van der Waals surface area contributed by atoms with Gasteiger partial charge in [0.25, 0.3) is 5.62 Å². The Balaban J connectivity index is 1.64. The van der Waals surface area contributed by atoms with Gasteiger partial charge in [-0.1, -0.05) is 0 Å². The molecule has 3 aromatic heterocycles. The largest absolute Gasteiger partial charge is 0.493 e. The lowest BCUT2D eigenvalue weighted by molar-refractivity contribution is -0.176. The van der Waals surface area contributed by atoms with Gasteiger partial charge in [-0.2, -0.15) is 32.8 Å². The summed E-state index contributed by atoms with van der Waals surface area (Å²) in [4.78, 5) is 31.0. The lowest BCUT2D eigenvalue weighted by Gasteiger charge is -2.33. The van der Waals surface area contributed by atoms with Crippen molar-refractivity contribution in [2.75, 3.05) is 18.0 Å². The number of hydrogen-bond donors (Lipinski definition) is 3. The van der Waals surface area contributed by atoms with Crippen LogP contribution in [0.2, 0.25) is 0 Å². The summed E-state index contributed by atoms with van der Waals surface area (Å²) >= 11 is 0. The van der Waals surface area contributed by atoms with E-state index >= 15 is 0 Å². The molecule has 0 spiro atoms. The second-order valence-electron chi connectivity index (χ2n) is 7.83. The first kappa shape index (κ1) is 19.6. The first-order valence-electron chi connectivity index (χ1n) is 9.92. The smallest absolute Gasteiger partial charge is 0.393 e. The molecule has 2 aliphatic rings. The summed E-state index contributed by atoms with van der Waals surface area (Å²) in [6, 6.07) is 0.108. The zero-order valence-electron chi connectivity index (χ0n) is 16.2. The van der Waals surface area contributed by atoms with E-state index in [1.807, 2.05) is 0 Å². The van der Waals surface area contributed by atoms with Crippen LogP contribution < -0.4 is 21.4 Å². The summed E-state index contributed by atoms with van der Waals surface area (Å²) in [5.74, 6) is -1.63. The lowest BCUT2D eigenvalue weighted by Crippen LogP contribution is -2.43. The minimum atomic E-state index is -4.28. The molecule has 1 unspecified atom stereocenters. The topological polar surface area (TPSA) is 128 Å². The van der Waals surface area contributed by atoms with E-state index in [2.05, 4.69) is 30.0 Å². The number of aromatic nitrogens is 6. The average molecular weight is 436 g/mol. The number of fused-ring (bicyclic) bond motifs is 1. The van der Waals surface area contributed by atoms with Crippen molar-refractivity contribution in [3.8, 4) is 5.88 Å². The molecule has 13 heteroatoms. The van der Waals surface area contributed by atoms with Gasteiger partial charge >= 0.3 is 11.9 Å². The molecule has 0 bridgehead atoms. The predicted octanol–water partition coefficient (Wildman–Crippen LogP) is 0.236. The number of nitrogens with one attached hydrogen (secondary N) is 2. The molecule has 5 rings (SSSR count). The molecule has 0 radical (unpaired) electrons. The fourth-order valence-corrected chi connectivity index (χ4v) is 3.64. The van der Waals surface area contributed by atoms with Gasteiger partial charge in [0.1, 0.15) is 5.69 Å². The highest BCUT2D eigenvalue weighted by Crippen LogP contribution is 2.33. The first-order chi connectivity index (χ1) is 14.8. The van der Waals surface area contributed by atoms with E-state index in [1.54, 1.807) is 0 Å². The molecule has 1 aliphatic heterocycles. The molecule has 1 saturated heterocycles. The lowest BCUT2D eigenvalue weighted by atomic mass is 9.98. The summed E-state index contributed by atoms with van der Waals surface area (Å²) in [6.07, 6.45) is 0.953. The number of piperidine rings is 1. The highest BCUT2D eigenvalue weighted by atomic mass is 19.4. The molecule has 31 heavy (non-hydrogen) atoms. The Morgan fingerprint density at radius 3 is 2.71 bits per heavy atom. The summed E-state index contributed by atoms with van der Waals surface area (Å²) in [6.45, 7) is 0.187. The monoisotopic (exact) mass is 436 g/mol. The van der Waals surface area contributed by atoms with Gasteiger partial charge in [0, 0.05) is 18.3 Å². The van der Waals surface area contributed by atoms with Crippen LogP contribution in [-0.4, -0.2) is 60.0 Å². The fraction of sp³-hybridized carbons (Fsp3) is 0.500. The molecule has 4 heterocycles. The maximum absolute atomic E-state index is 13.3. The van der Waals surface area contributed by atoms with E-state index < -0.39 is 17.8 Å². The van der Waals surface area contributed by atoms with Crippen LogP contribution in [0.5, 0.6) is 5.88 Å². The van der Waals surface area contributed by atoms with E-state index in [0.29, 0.717) is 23.8 Å². The van der Waals surface area contributed by atoms with Crippen molar-refractivity contribution < 1.29 is 18.3 Å². The van der Waals surface area contributed by atoms with Crippen molar-refractivity contribution in [1.82, 2.24) is 29.5 Å². The zero-order chi connectivity index (χ0) is 21.8. The number of aromatic amines is 2. The molecule has 3 aromatic rings. The SMILES string of the molecule is O=c1[nH]c(O)c(C=c2cnn3c(=NC4CC4)nc(N4CCCC(C(F)(F)F)C4)nc23)[nH]1. The Labute approximate surface area is 172 Å². The van der Waals surface area contributed by atoms with Gasteiger partial charge in [-0.15, -0.1) is 0 Å². The number of rotatable bonds is 3. The van der Waals surface area contributed by atoms with Crippen molar-refractivity contribution in [2.45, 2.75) is 37.9 Å². The average Bonchev–Trinajstić information content (AvgIpc) is 3.35. The Hall–Kier alpha value is -3.38. The third-order valence-electron chi connectivity index (χ3n) is 5.41. The van der Waals surface area contributed by atoms with Crippen LogP contribution in [0.1, 0.15) is 31.4 Å². The van der Waals surface area contributed by atoms with Gasteiger partial charge in [-0.25, -0.2) is 9.79 Å². The van der Waals surface area contributed by atoms with Crippen molar-refractivity contribution in [3.63, 3.8) is 0 Å². The van der Waals surface area contributed by atoms with Gasteiger partial charge in [0.2, 0.25) is 11.8 Å². The zero-order valence-corrected chi connectivity index (χ0v) is 16.2. The van der Waals surface area contributed by atoms with Crippen LogP contribution in [0.15, 0.2) is 16.0 Å². The minimum absolute atomic E-state index is 0.0768. The van der Waals surface area contributed by atoms with Crippen molar-refractivity contribution >= 4 is 17.7 Å². The Morgan fingerprint density at radius 2 is 2.03 bits per heavy atom. The molecular formula is C18H19F3N8O2. The van der Waals surface area contributed by atoms with E-state index in [4.69, 9.17) is 0 Å². The second kappa shape index (κ2) is 7.10. The Morgan fingerprint density at radius 1 is 1.23 bits per heavy atom. The van der Waals surface area contributed by atoms with Gasteiger partial charge in [-0.3, -0.25) is 4.98 Å². The Kier molecular flexibility index (Phi) is 4.48. The van der Waals surface area contributed by atoms with E-state index in [0.717, 1.165) is 12.8 Å². The van der Waals surface area contributed by atoms with E-state index in [-0.39, 0.29) is 42.1 Å². The van der Waals surface area contributed by atoms with Gasteiger partial charge < -0.3 is 15.0 Å². The maximum Gasteiger partial charge on any atom is 0.393 e. The summed E-state index contributed by atoms with van der Waals surface area (Å²) in [7, 11) is 0. The summed E-state index contributed by atoms with van der Waals surface area (Å²) in [5.41, 5.74) is 0.144. The number of halogens is 3. The van der Waals surface area contributed by atoms with Gasteiger partial charge in [0.15, 0.2) is 5.65 Å². The standard InChI is InChI=1S/C18H19F3N8O2/c19-18(20,21)10-2-1-5-28(8-10)15-25-13-9(6-12-14(30)26-17(31)24-12)7-22-29(13)16(27-15)23-11-3-4-11/h6-7,10-11,30H,1-5,8H2,(H2,24,26,31). The molecule has 3 N–H and O–H groups in total. The molecule has 0 aromatic carbocycles. The number of nitrogens with zero attached hydrogens (tertiary/aromatic N) is 6. The third-order valence-corrected chi connectivity index (χ3v) is 5.41. The third kappa shape index (κ3) is 3.86. The number of H-pyrrole nitrogens is 2. The number of imidazole rings is 1. The van der Waals surface area contributed by atoms with Gasteiger partial charge in [0.05, 0.1) is 18.2 Å². The van der Waals surface area contributed by atoms with Gasteiger partial charge in [-0.05, 0) is 31.8 Å². The normalized spacial score (nSPS) is 21.4. The Bertz CT molecular complexity index is 1300. The molecule has 1 atom stereocenters. The van der Waals surface area contributed by atoms with Crippen LogP contribution in [0.3, 0.4) is 0 Å². The number of aromatic hydroxyl groups is 1. The van der Waals surface area contributed by atoms with Crippen LogP contribution in [0, 0.1) is 5.92 Å². The number of hydrogen-bond acceptors (Lipinski definition) is 7. The predicted molar refractivity (Wildman–Crippen MR) is 102 cm³/mol. The molecule has 10 nitrogen and oxygen atoms in total. The fourth-order valence-electron chi connectivity index (χ4n) is 3.64. The van der Waals surface area contributed by atoms with Crippen molar-refractivity contribution in [2.24, 2.45) is 10.9 Å². The maximum atomic E-state index is 13.3. The van der Waals surface area contributed by atoms with Crippen molar-refractivity contribution in [1.29, 1.82) is 0 Å². The highest BCUT2D eigenvalue weighted by molar-refractivity contribution is 5.57. The molecular weight excluding hydrogens is 417 g/mol. The number of anilines is 1. The van der Waals surface area contributed by atoms with Crippen LogP contribution in [-0.2, 0) is 0 Å². The van der Waals surface area contributed by atoms with E-state index in [1.165, 1.54) is 21.7 Å². The second-order valence-corrected chi connectivity index (χ2v) is 7.83. The summed E-state index contributed by atoms with van der Waals surface area (Å²) < 4.78 is 41.3. The summed E-state index contributed by atoms with van der Waals surface area (Å²) in [5, 5.41) is 14.5. The molecule has 1 aliphatic carbocycles. The molecule has 2 fully saturated rings. The van der Waals surface area contributed by atoms with Crippen LogP contribution >= 0.6 is 0 Å². The number of alkyl halides is 3. The van der Waals surface area contributed by atoms with Crippen LogP contribution in [0.25, 0.3) is 11.7 Å². The quantitative estimate of drug-likeness (QED) is 0.540. The van der Waals surface area contributed by atoms with E-state index in [9.17, 15) is 23.1 Å².